The smallest absolute Gasteiger partial charge is 0.405 e. The number of nitrogens with two attached hydrogens (primary N) is 1. The van der Waals surface area contributed by atoms with E-state index in [2.05, 4.69) is 4.98 Å². The molecule has 0 radical (unpaired) electrons. The van der Waals surface area contributed by atoms with Crippen molar-refractivity contribution in [1.82, 2.24) is 4.98 Å². The van der Waals surface area contributed by atoms with E-state index < -0.39 is 12.2 Å². The van der Waals surface area contributed by atoms with Crippen molar-refractivity contribution in [1.29, 1.82) is 0 Å². The van der Waals surface area contributed by atoms with Gasteiger partial charge < -0.3 is 15.2 Å². The zero-order valence-corrected chi connectivity index (χ0v) is 11.3. The first-order chi connectivity index (χ1) is 8.36. The maximum absolute atomic E-state index is 11.0. The van der Waals surface area contributed by atoms with E-state index >= 15 is 0 Å². The molecule has 1 aromatic rings. The Morgan fingerprint density at radius 2 is 2.17 bits per heavy atom. The Morgan fingerprint density at radius 1 is 1.50 bits per heavy atom. The van der Waals surface area contributed by atoms with Crippen LogP contribution in [0.25, 0.3) is 0 Å². The molecule has 0 aliphatic rings. The van der Waals surface area contributed by atoms with Crippen LogP contribution in [0, 0.1) is 5.41 Å². The second-order valence-corrected chi connectivity index (χ2v) is 5.01. The minimum atomic E-state index is -0.804. The summed E-state index contributed by atoms with van der Waals surface area (Å²) in [5, 5.41) is 0. The summed E-state index contributed by atoms with van der Waals surface area (Å²) in [7, 11) is 0. The second kappa shape index (κ2) is 5.71. The lowest BCUT2D eigenvalue weighted by atomic mass is 9.85. The molecule has 1 unspecified atom stereocenters. The largest absolute Gasteiger partial charge is 0.478 e. The number of primary amides is 1. The predicted octanol–water partition coefficient (Wildman–Crippen LogP) is 2.66. The summed E-state index contributed by atoms with van der Waals surface area (Å²) in [5.74, 6) is 0.473. The number of aromatic nitrogens is 1. The van der Waals surface area contributed by atoms with Crippen molar-refractivity contribution in [3.63, 3.8) is 0 Å². The Labute approximate surface area is 107 Å². The molecule has 0 aliphatic carbocycles. The van der Waals surface area contributed by atoms with Gasteiger partial charge in [0.15, 0.2) is 0 Å². The van der Waals surface area contributed by atoms with Gasteiger partial charge in [0.05, 0.1) is 12.2 Å². The van der Waals surface area contributed by atoms with Crippen LogP contribution in [0.4, 0.5) is 4.79 Å². The van der Waals surface area contributed by atoms with E-state index in [1.165, 1.54) is 0 Å². The van der Waals surface area contributed by atoms with Crippen LogP contribution >= 0.6 is 0 Å². The third-order valence-corrected chi connectivity index (χ3v) is 2.38. The number of nitrogens with zero attached hydrogens (tertiary/aromatic N) is 1. The lowest BCUT2D eigenvalue weighted by Crippen LogP contribution is -2.27. The molecule has 1 atom stereocenters. The summed E-state index contributed by atoms with van der Waals surface area (Å²) >= 11 is 0. The van der Waals surface area contributed by atoms with Gasteiger partial charge in [0.1, 0.15) is 6.10 Å². The Balaban J connectivity index is 3.16. The van der Waals surface area contributed by atoms with E-state index in [1.54, 1.807) is 12.3 Å². The molecule has 2 N–H and O–H groups in total. The Hall–Kier alpha value is -1.78. The van der Waals surface area contributed by atoms with Crippen LogP contribution in [0.3, 0.4) is 0 Å². The molecule has 0 spiro atoms. The number of carbonyl (C=O) groups excluding carboxylic acids is 1. The molecular formula is C13H20N2O3. The van der Waals surface area contributed by atoms with Gasteiger partial charge in [0, 0.05) is 11.6 Å². The molecule has 18 heavy (non-hydrogen) atoms. The number of ether oxygens (including phenoxy) is 2. The van der Waals surface area contributed by atoms with Gasteiger partial charge in [-0.1, -0.05) is 20.8 Å². The van der Waals surface area contributed by atoms with Crippen LogP contribution in [-0.4, -0.2) is 17.7 Å². The molecule has 1 amide bonds. The zero-order chi connectivity index (χ0) is 13.8. The fourth-order valence-electron chi connectivity index (χ4n) is 1.68. The third kappa shape index (κ3) is 3.61. The van der Waals surface area contributed by atoms with Gasteiger partial charge in [-0.3, -0.25) is 0 Å². The third-order valence-electron chi connectivity index (χ3n) is 2.38. The van der Waals surface area contributed by atoms with E-state index in [4.69, 9.17) is 15.2 Å². The Morgan fingerprint density at radius 3 is 2.67 bits per heavy atom. The van der Waals surface area contributed by atoms with Crippen molar-refractivity contribution in [3.05, 3.63) is 23.9 Å². The first-order valence-electron chi connectivity index (χ1n) is 5.90. The molecule has 0 saturated heterocycles. The SMILES string of the molecule is CCOc1ncccc1C(OC(N)=O)C(C)(C)C. The number of pyridine rings is 1. The highest BCUT2D eigenvalue weighted by molar-refractivity contribution is 5.65. The minimum absolute atomic E-state index is 0.302. The van der Waals surface area contributed by atoms with Crippen molar-refractivity contribution in [2.24, 2.45) is 11.1 Å². The average molecular weight is 252 g/mol. The quantitative estimate of drug-likeness (QED) is 0.893. The van der Waals surface area contributed by atoms with E-state index in [9.17, 15) is 4.79 Å². The maximum atomic E-state index is 11.0. The summed E-state index contributed by atoms with van der Waals surface area (Å²) in [4.78, 5) is 15.2. The van der Waals surface area contributed by atoms with E-state index in [0.29, 0.717) is 12.5 Å². The monoisotopic (exact) mass is 252 g/mol. The van der Waals surface area contributed by atoms with Gasteiger partial charge in [0.25, 0.3) is 0 Å². The van der Waals surface area contributed by atoms with Crippen molar-refractivity contribution < 1.29 is 14.3 Å². The molecule has 0 aromatic carbocycles. The lowest BCUT2D eigenvalue weighted by Gasteiger charge is -2.30. The molecule has 0 saturated carbocycles. The average Bonchev–Trinajstić information content (AvgIpc) is 2.26. The summed E-state index contributed by atoms with van der Waals surface area (Å²) in [6.07, 6.45) is 0.338. The van der Waals surface area contributed by atoms with E-state index in [-0.39, 0.29) is 5.41 Å². The molecule has 1 aromatic heterocycles. The van der Waals surface area contributed by atoms with Crippen molar-refractivity contribution in [2.45, 2.75) is 33.8 Å². The van der Waals surface area contributed by atoms with E-state index in [1.807, 2.05) is 33.8 Å². The molecule has 0 fully saturated rings. The topological polar surface area (TPSA) is 74.4 Å². The number of carbonyl (C=O) groups is 1. The normalized spacial score (nSPS) is 12.9. The highest BCUT2D eigenvalue weighted by Gasteiger charge is 2.32. The fourth-order valence-corrected chi connectivity index (χ4v) is 1.68. The highest BCUT2D eigenvalue weighted by Crippen LogP contribution is 2.39. The molecule has 100 valence electrons. The maximum Gasteiger partial charge on any atom is 0.405 e. The molecular weight excluding hydrogens is 232 g/mol. The van der Waals surface area contributed by atoms with Crippen LogP contribution in [0.1, 0.15) is 39.4 Å². The summed E-state index contributed by atoms with van der Waals surface area (Å²) < 4.78 is 10.7. The molecule has 0 bridgehead atoms. The molecule has 0 aliphatic heterocycles. The number of hydrogen-bond acceptors (Lipinski definition) is 4. The number of rotatable bonds is 4. The Kier molecular flexibility index (Phi) is 4.53. The van der Waals surface area contributed by atoms with Crippen molar-refractivity contribution >= 4 is 6.09 Å². The van der Waals surface area contributed by atoms with Crippen LogP contribution < -0.4 is 10.5 Å². The highest BCUT2D eigenvalue weighted by atomic mass is 16.6. The van der Waals surface area contributed by atoms with Crippen molar-refractivity contribution in [2.75, 3.05) is 6.61 Å². The first kappa shape index (κ1) is 14.3. The van der Waals surface area contributed by atoms with Crippen molar-refractivity contribution in [3.8, 4) is 5.88 Å². The number of amides is 1. The van der Waals surface area contributed by atoms with Gasteiger partial charge in [-0.15, -0.1) is 0 Å². The summed E-state index contributed by atoms with van der Waals surface area (Å²) in [6, 6.07) is 3.61. The Bertz CT molecular complexity index is 413. The molecule has 5 heteroatoms. The summed E-state index contributed by atoms with van der Waals surface area (Å²) in [5.41, 5.74) is 5.55. The molecule has 1 rings (SSSR count). The first-order valence-corrected chi connectivity index (χ1v) is 5.90. The predicted molar refractivity (Wildman–Crippen MR) is 68.3 cm³/mol. The standard InChI is InChI=1S/C13H20N2O3/c1-5-17-11-9(7-6-8-15-11)10(13(2,3)4)18-12(14)16/h6-8,10H,5H2,1-4H3,(H2,14,16). The zero-order valence-electron chi connectivity index (χ0n) is 11.3. The second-order valence-electron chi connectivity index (χ2n) is 5.01. The summed E-state index contributed by atoms with van der Waals surface area (Å²) in [6.45, 7) is 8.26. The van der Waals surface area contributed by atoms with Crippen LogP contribution in [0.2, 0.25) is 0 Å². The van der Waals surface area contributed by atoms with Gasteiger partial charge in [-0.25, -0.2) is 9.78 Å². The van der Waals surface area contributed by atoms with Crippen LogP contribution in [-0.2, 0) is 4.74 Å². The minimum Gasteiger partial charge on any atom is -0.478 e. The van der Waals surface area contributed by atoms with E-state index in [0.717, 1.165) is 5.56 Å². The van der Waals surface area contributed by atoms with Crippen LogP contribution in [0.5, 0.6) is 5.88 Å². The van der Waals surface area contributed by atoms with Gasteiger partial charge in [0.2, 0.25) is 5.88 Å². The lowest BCUT2D eigenvalue weighted by molar-refractivity contribution is 0.0337. The fraction of sp³-hybridized carbons (Fsp3) is 0.538. The van der Waals surface area contributed by atoms with Gasteiger partial charge in [-0.05, 0) is 19.1 Å². The van der Waals surface area contributed by atoms with Crippen LogP contribution in [0.15, 0.2) is 18.3 Å². The number of hydrogen-bond donors (Lipinski definition) is 1. The van der Waals surface area contributed by atoms with Gasteiger partial charge >= 0.3 is 6.09 Å². The molecule has 1 heterocycles. The molecule has 5 nitrogen and oxygen atoms in total. The van der Waals surface area contributed by atoms with Gasteiger partial charge in [-0.2, -0.15) is 0 Å².